The van der Waals surface area contributed by atoms with Crippen molar-refractivity contribution in [2.24, 2.45) is 5.73 Å². The molecule has 3 aromatic heterocycles. The minimum Gasteiger partial charge on any atom is -0.330 e. The Morgan fingerprint density at radius 1 is 1.41 bits per heavy atom. The molecule has 0 saturated heterocycles. The average molecular weight is 379 g/mol. The van der Waals surface area contributed by atoms with Gasteiger partial charge in [-0.05, 0) is 40.2 Å². The van der Waals surface area contributed by atoms with E-state index in [0.29, 0.717) is 13.0 Å². The number of nitrogens with zero attached hydrogens (tertiary/aromatic N) is 2. The number of nitrogens with one attached hydrogen (secondary N) is 1. The van der Waals surface area contributed by atoms with Crippen LogP contribution in [0.15, 0.2) is 46.8 Å². The third-order valence-corrected chi connectivity index (χ3v) is 5.19. The maximum atomic E-state index is 12.2. The number of carbonyl (C=O) groups is 1. The molecule has 0 bridgehead atoms. The summed E-state index contributed by atoms with van der Waals surface area (Å²) >= 11 is 5.05. The fraction of sp³-hybridized carbons (Fsp3) is 0.200. The summed E-state index contributed by atoms with van der Waals surface area (Å²) in [7, 11) is 0. The molecular weight excluding hydrogens is 364 g/mol. The summed E-state index contributed by atoms with van der Waals surface area (Å²) < 4.78 is 2.92. The summed E-state index contributed by atoms with van der Waals surface area (Å²) in [4.78, 5) is 17.4. The van der Waals surface area contributed by atoms with Crippen molar-refractivity contribution in [2.75, 3.05) is 11.9 Å². The summed E-state index contributed by atoms with van der Waals surface area (Å²) in [5, 5.41) is 2.92. The Kier molecular flexibility index (Phi) is 4.56. The SMILES string of the molecule is NCC(CC(=O)Nc1ccc2cncn2c1)c1ccc(Br)s1. The minimum atomic E-state index is -0.0422. The molecule has 114 valence electrons. The number of aromatic nitrogens is 2. The lowest BCUT2D eigenvalue weighted by Crippen LogP contribution is -2.20. The second kappa shape index (κ2) is 6.60. The third kappa shape index (κ3) is 3.37. The number of carbonyl (C=O) groups excluding carboxylic acids is 1. The molecule has 0 radical (unpaired) electrons. The quantitative estimate of drug-likeness (QED) is 0.715. The Hall–Kier alpha value is -1.70. The van der Waals surface area contributed by atoms with Crippen LogP contribution in [0.1, 0.15) is 17.2 Å². The lowest BCUT2D eigenvalue weighted by Gasteiger charge is -2.13. The zero-order valence-corrected chi connectivity index (χ0v) is 14.1. The molecule has 3 heterocycles. The van der Waals surface area contributed by atoms with Gasteiger partial charge in [-0.1, -0.05) is 0 Å². The molecule has 0 aliphatic heterocycles. The highest BCUT2D eigenvalue weighted by atomic mass is 79.9. The standard InChI is InChI=1S/C15H15BrN4OS/c16-14-4-3-13(22-14)10(6-17)5-15(21)19-11-1-2-12-7-18-9-20(12)8-11/h1-4,7-10H,5-6,17H2,(H,19,21). The molecule has 1 unspecified atom stereocenters. The predicted octanol–water partition coefficient (Wildman–Crippen LogP) is 3.23. The first-order valence-electron chi connectivity index (χ1n) is 6.82. The molecule has 3 aromatic rings. The number of rotatable bonds is 5. The van der Waals surface area contributed by atoms with Crippen LogP contribution in [-0.4, -0.2) is 21.8 Å². The predicted molar refractivity (Wildman–Crippen MR) is 92.3 cm³/mol. The highest BCUT2D eigenvalue weighted by Gasteiger charge is 2.16. The summed E-state index contributed by atoms with van der Waals surface area (Å²) in [6.07, 6.45) is 5.69. The Bertz CT molecular complexity index is 798. The highest BCUT2D eigenvalue weighted by molar-refractivity contribution is 9.11. The van der Waals surface area contributed by atoms with Gasteiger partial charge in [0.2, 0.25) is 5.91 Å². The van der Waals surface area contributed by atoms with Crippen molar-refractivity contribution < 1.29 is 4.79 Å². The second-order valence-corrected chi connectivity index (χ2v) is 7.46. The van der Waals surface area contributed by atoms with E-state index < -0.39 is 0 Å². The van der Waals surface area contributed by atoms with E-state index in [-0.39, 0.29) is 11.8 Å². The van der Waals surface area contributed by atoms with Gasteiger partial charge in [0.05, 0.1) is 27.5 Å². The number of amides is 1. The van der Waals surface area contributed by atoms with Gasteiger partial charge in [-0.3, -0.25) is 4.79 Å². The van der Waals surface area contributed by atoms with Crippen LogP contribution >= 0.6 is 27.3 Å². The van der Waals surface area contributed by atoms with Crippen LogP contribution in [0.25, 0.3) is 5.52 Å². The van der Waals surface area contributed by atoms with Crippen LogP contribution in [-0.2, 0) is 4.79 Å². The number of anilines is 1. The van der Waals surface area contributed by atoms with Gasteiger partial charge in [0, 0.05) is 30.0 Å². The zero-order chi connectivity index (χ0) is 15.5. The monoisotopic (exact) mass is 378 g/mol. The van der Waals surface area contributed by atoms with Crippen molar-refractivity contribution in [3.63, 3.8) is 0 Å². The van der Waals surface area contributed by atoms with Crippen LogP contribution in [0.4, 0.5) is 5.69 Å². The first-order valence-corrected chi connectivity index (χ1v) is 8.43. The Morgan fingerprint density at radius 2 is 2.27 bits per heavy atom. The molecule has 0 aliphatic carbocycles. The zero-order valence-electron chi connectivity index (χ0n) is 11.7. The Labute approximate surface area is 140 Å². The molecule has 0 aromatic carbocycles. The normalized spacial score (nSPS) is 12.5. The lowest BCUT2D eigenvalue weighted by atomic mass is 10.0. The average Bonchev–Trinajstić information content (AvgIpc) is 3.13. The van der Waals surface area contributed by atoms with Crippen molar-refractivity contribution in [3.8, 4) is 0 Å². The van der Waals surface area contributed by atoms with Crippen LogP contribution < -0.4 is 11.1 Å². The summed E-state index contributed by atoms with van der Waals surface area (Å²) in [6, 6.07) is 7.78. The second-order valence-electron chi connectivity index (χ2n) is 4.97. The van der Waals surface area contributed by atoms with Gasteiger partial charge in [-0.25, -0.2) is 4.98 Å². The number of imidazole rings is 1. The van der Waals surface area contributed by atoms with E-state index in [1.165, 1.54) is 0 Å². The minimum absolute atomic E-state index is 0.0354. The van der Waals surface area contributed by atoms with Crippen LogP contribution in [0.3, 0.4) is 0 Å². The van der Waals surface area contributed by atoms with Crippen molar-refractivity contribution in [1.29, 1.82) is 0 Å². The third-order valence-electron chi connectivity index (χ3n) is 3.40. The molecule has 0 spiro atoms. The fourth-order valence-electron chi connectivity index (χ4n) is 2.28. The smallest absolute Gasteiger partial charge is 0.225 e. The number of pyridine rings is 1. The van der Waals surface area contributed by atoms with Gasteiger partial charge in [-0.15, -0.1) is 11.3 Å². The summed E-state index contributed by atoms with van der Waals surface area (Å²) in [5.41, 5.74) is 7.55. The Morgan fingerprint density at radius 3 is 3.00 bits per heavy atom. The fourth-order valence-corrected chi connectivity index (χ4v) is 3.81. The highest BCUT2D eigenvalue weighted by Crippen LogP contribution is 2.30. The first-order chi connectivity index (χ1) is 10.7. The van der Waals surface area contributed by atoms with E-state index in [4.69, 9.17) is 5.73 Å². The van der Waals surface area contributed by atoms with Gasteiger partial charge in [0.15, 0.2) is 0 Å². The molecule has 3 rings (SSSR count). The maximum Gasteiger partial charge on any atom is 0.225 e. The molecule has 0 aliphatic rings. The van der Waals surface area contributed by atoms with E-state index in [1.807, 2.05) is 34.9 Å². The lowest BCUT2D eigenvalue weighted by molar-refractivity contribution is -0.116. The maximum absolute atomic E-state index is 12.2. The van der Waals surface area contributed by atoms with Crippen molar-refractivity contribution in [2.45, 2.75) is 12.3 Å². The van der Waals surface area contributed by atoms with Crippen molar-refractivity contribution in [3.05, 3.63) is 51.7 Å². The van der Waals surface area contributed by atoms with Crippen LogP contribution in [0.5, 0.6) is 0 Å². The van der Waals surface area contributed by atoms with E-state index in [9.17, 15) is 4.79 Å². The first kappa shape index (κ1) is 15.2. The van der Waals surface area contributed by atoms with Gasteiger partial charge in [0.1, 0.15) is 0 Å². The molecule has 5 nitrogen and oxygen atoms in total. The number of thiophene rings is 1. The molecule has 0 fully saturated rings. The number of nitrogens with two attached hydrogens (primary N) is 1. The number of halogens is 1. The van der Waals surface area contributed by atoms with E-state index in [1.54, 1.807) is 23.9 Å². The molecule has 3 N–H and O–H groups in total. The molecular formula is C15H15BrN4OS. The largest absolute Gasteiger partial charge is 0.330 e. The summed E-state index contributed by atoms with van der Waals surface area (Å²) in [5.74, 6) is -0.00675. The van der Waals surface area contributed by atoms with Gasteiger partial charge in [0.25, 0.3) is 0 Å². The topological polar surface area (TPSA) is 72.4 Å². The summed E-state index contributed by atoms with van der Waals surface area (Å²) in [6.45, 7) is 0.445. The molecule has 1 amide bonds. The molecule has 1 atom stereocenters. The Balaban J connectivity index is 1.68. The van der Waals surface area contributed by atoms with Gasteiger partial charge < -0.3 is 15.5 Å². The molecule has 7 heteroatoms. The molecule has 22 heavy (non-hydrogen) atoms. The number of fused-ring (bicyclic) bond motifs is 1. The van der Waals surface area contributed by atoms with E-state index >= 15 is 0 Å². The van der Waals surface area contributed by atoms with Crippen LogP contribution in [0.2, 0.25) is 0 Å². The van der Waals surface area contributed by atoms with Gasteiger partial charge >= 0.3 is 0 Å². The van der Waals surface area contributed by atoms with E-state index in [2.05, 4.69) is 26.2 Å². The van der Waals surface area contributed by atoms with Crippen molar-refractivity contribution >= 4 is 44.4 Å². The van der Waals surface area contributed by atoms with E-state index in [0.717, 1.165) is 19.9 Å². The van der Waals surface area contributed by atoms with Crippen LogP contribution in [0, 0.1) is 0 Å². The van der Waals surface area contributed by atoms with Gasteiger partial charge in [-0.2, -0.15) is 0 Å². The number of hydrogen-bond donors (Lipinski definition) is 2. The van der Waals surface area contributed by atoms with Crippen molar-refractivity contribution in [1.82, 2.24) is 9.38 Å². The molecule has 0 saturated carbocycles. The number of hydrogen-bond acceptors (Lipinski definition) is 4.